The summed E-state index contributed by atoms with van der Waals surface area (Å²) in [7, 11) is 2.28. The molecule has 1 aromatic rings. The maximum atomic E-state index is 5.73. The molecule has 2 N–H and O–H groups in total. The van der Waals surface area contributed by atoms with Gasteiger partial charge in [-0.1, -0.05) is 12.2 Å². The molecule has 21 heavy (non-hydrogen) atoms. The molecule has 1 aromatic carbocycles. The molecule has 0 saturated carbocycles. The highest BCUT2D eigenvalue weighted by Crippen LogP contribution is 2.33. The molecule has 0 radical (unpaired) electrons. The molecule has 2 heterocycles. The Morgan fingerprint density at radius 1 is 1.33 bits per heavy atom. The Kier molecular flexibility index (Phi) is 4.52. The van der Waals surface area contributed by atoms with E-state index in [4.69, 9.17) is 18.0 Å². The van der Waals surface area contributed by atoms with Crippen molar-refractivity contribution in [3.63, 3.8) is 0 Å². The molecule has 2 saturated heterocycles. The quantitative estimate of drug-likeness (QED) is 0.814. The van der Waals surface area contributed by atoms with Gasteiger partial charge in [0.1, 0.15) is 4.99 Å². The van der Waals surface area contributed by atoms with E-state index in [0.717, 1.165) is 35.1 Å². The number of hydrogen-bond acceptors (Lipinski definition) is 3. The van der Waals surface area contributed by atoms with Crippen molar-refractivity contribution in [1.82, 2.24) is 4.90 Å². The second-order valence-electron chi connectivity index (χ2n) is 6.21. The summed E-state index contributed by atoms with van der Waals surface area (Å²) in [6.07, 6.45) is 3.95. The Hall–Kier alpha value is -0.650. The lowest BCUT2D eigenvalue weighted by Crippen LogP contribution is -2.52. The van der Waals surface area contributed by atoms with Crippen molar-refractivity contribution in [3.05, 3.63) is 28.2 Å². The number of nitrogens with zero attached hydrogens (tertiary/aromatic N) is 2. The van der Waals surface area contributed by atoms with Crippen molar-refractivity contribution in [2.75, 3.05) is 31.6 Å². The first-order valence-corrected chi connectivity index (χ1v) is 8.81. The van der Waals surface area contributed by atoms with Gasteiger partial charge in [0.25, 0.3) is 0 Å². The van der Waals surface area contributed by atoms with Crippen molar-refractivity contribution in [1.29, 1.82) is 0 Å². The van der Waals surface area contributed by atoms with Crippen LogP contribution in [0.15, 0.2) is 22.7 Å². The van der Waals surface area contributed by atoms with Gasteiger partial charge in [-0.25, -0.2) is 0 Å². The van der Waals surface area contributed by atoms with E-state index in [1.54, 1.807) is 0 Å². The van der Waals surface area contributed by atoms with Gasteiger partial charge in [0.05, 0.1) is 0 Å². The van der Waals surface area contributed by atoms with Gasteiger partial charge in [-0.05, 0) is 72.9 Å². The highest BCUT2D eigenvalue weighted by Gasteiger charge is 2.34. The third kappa shape index (κ3) is 3.10. The lowest BCUT2D eigenvalue weighted by molar-refractivity contribution is 0.102. The number of benzene rings is 1. The Morgan fingerprint density at radius 2 is 2.14 bits per heavy atom. The van der Waals surface area contributed by atoms with Crippen molar-refractivity contribution < 1.29 is 0 Å². The summed E-state index contributed by atoms with van der Waals surface area (Å²) in [5, 5.41) is 0. The minimum Gasteiger partial charge on any atom is -0.389 e. The minimum absolute atomic E-state index is 0.445. The monoisotopic (exact) mass is 367 g/mol. The van der Waals surface area contributed by atoms with Crippen LogP contribution in [-0.4, -0.2) is 42.6 Å². The summed E-state index contributed by atoms with van der Waals surface area (Å²) in [6, 6.07) is 7.10. The number of rotatable bonds is 2. The molecule has 0 aliphatic carbocycles. The van der Waals surface area contributed by atoms with Crippen LogP contribution >= 0.6 is 28.1 Å². The first-order valence-electron chi connectivity index (χ1n) is 7.61. The van der Waals surface area contributed by atoms with E-state index in [0.29, 0.717) is 4.99 Å². The molecule has 5 heteroatoms. The van der Waals surface area contributed by atoms with E-state index >= 15 is 0 Å². The molecule has 114 valence electrons. The third-order valence-corrected chi connectivity index (χ3v) is 5.80. The van der Waals surface area contributed by atoms with Crippen LogP contribution in [0.1, 0.15) is 24.8 Å². The standard InChI is InChI=1S/C16H22BrN3S/c1-19-7-2-3-11-10-20(8-6-15(11)19)12-4-5-13(16(18)21)14(17)9-12/h4-5,9,11,15H,2-3,6-8,10H2,1H3,(H2,18,21). The summed E-state index contributed by atoms with van der Waals surface area (Å²) >= 11 is 8.66. The van der Waals surface area contributed by atoms with Gasteiger partial charge in [0, 0.05) is 34.9 Å². The Balaban J connectivity index is 1.76. The van der Waals surface area contributed by atoms with E-state index in [1.165, 1.54) is 31.5 Å². The molecule has 2 atom stereocenters. The normalized spacial score (nSPS) is 26.5. The van der Waals surface area contributed by atoms with Crippen LogP contribution in [0.25, 0.3) is 0 Å². The lowest BCUT2D eigenvalue weighted by atomic mass is 9.84. The molecule has 0 amide bonds. The number of nitrogens with two attached hydrogens (primary N) is 1. The molecular weight excluding hydrogens is 346 g/mol. The predicted octanol–water partition coefficient (Wildman–Crippen LogP) is 3.00. The highest BCUT2D eigenvalue weighted by molar-refractivity contribution is 9.10. The molecule has 2 aliphatic rings. The van der Waals surface area contributed by atoms with Crippen molar-refractivity contribution >= 4 is 38.8 Å². The van der Waals surface area contributed by atoms with Crippen molar-refractivity contribution in [2.45, 2.75) is 25.3 Å². The first-order chi connectivity index (χ1) is 10.1. The second kappa shape index (κ2) is 6.23. The summed E-state index contributed by atoms with van der Waals surface area (Å²) in [6.45, 7) is 3.55. The number of hydrogen-bond donors (Lipinski definition) is 1. The Labute approximate surface area is 140 Å². The zero-order chi connectivity index (χ0) is 15.0. The van der Waals surface area contributed by atoms with E-state index in [1.807, 2.05) is 6.07 Å². The fourth-order valence-corrected chi connectivity index (χ4v) is 4.68. The smallest absolute Gasteiger partial charge is 0.105 e. The van der Waals surface area contributed by atoms with E-state index in [2.05, 4.69) is 44.9 Å². The maximum absolute atomic E-state index is 5.73. The molecule has 3 nitrogen and oxygen atoms in total. The van der Waals surface area contributed by atoms with E-state index in [9.17, 15) is 0 Å². The van der Waals surface area contributed by atoms with Crippen LogP contribution < -0.4 is 10.6 Å². The molecule has 0 aromatic heterocycles. The average Bonchev–Trinajstić information content (AvgIpc) is 2.46. The number of halogens is 1. The highest BCUT2D eigenvalue weighted by atomic mass is 79.9. The van der Waals surface area contributed by atoms with Crippen LogP contribution in [0.3, 0.4) is 0 Å². The van der Waals surface area contributed by atoms with Gasteiger partial charge in [-0.2, -0.15) is 0 Å². The molecular formula is C16H22BrN3S. The first kappa shape index (κ1) is 15.3. The SMILES string of the molecule is CN1CCCC2CN(c3ccc(C(N)=S)c(Br)c3)CCC21. The van der Waals surface area contributed by atoms with Crippen LogP contribution in [0.2, 0.25) is 0 Å². The fourth-order valence-electron chi connectivity index (χ4n) is 3.79. The van der Waals surface area contributed by atoms with Crippen molar-refractivity contribution in [2.24, 2.45) is 11.7 Å². The predicted molar refractivity (Wildman–Crippen MR) is 96.0 cm³/mol. The number of piperidine rings is 2. The molecule has 2 unspecified atom stereocenters. The zero-order valence-electron chi connectivity index (χ0n) is 12.4. The zero-order valence-corrected chi connectivity index (χ0v) is 14.8. The topological polar surface area (TPSA) is 32.5 Å². The fraction of sp³-hybridized carbons (Fsp3) is 0.562. The lowest BCUT2D eigenvalue weighted by Gasteiger charge is -2.46. The molecule has 2 aliphatic heterocycles. The molecule has 3 rings (SSSR count). The third-order valence-electron chi connectivity index (χ3n) is 4.93. The minimum atomic E-state index is 0.445. The molecule has 2 fully saturated rings. The number of likely N-dealkylation sites (tertiary alicyclic amines) is 1. The van der Waals surface area contributed by atoms with E-state index < -0.39 is 0 Å². The number of thiocarbonyl (C=S) groups is 1. The maximum Gasteiger partial charge on any atom is 0.105 e. The van der Waals surface area contributed by atoms with E-state index in [-0.39, 0.29) is 0 Å². The molecule has 0 spiro atoms. The number of anilines is 1. The van der Waals surface area contributed by atoms with Crippen LogP contribution in [0, 0.1) is 5.92 Å². The summed E-state index contributed by atoms with van der Waals surface area (Å²) in [5.41, 5.74) is 7.92. The van der Waals surface area contributed by atoms with Gasteiger partial charge >= 0.3 is 0 Å². The van der Waals surface area contributed by atoms with Crippen LogP contribution in [0.5, 0.6) is 0 Å². The van der Waals surface area contributed by atoms with Crippen LogP contribution in [0.4, 0.5) is 5.69 Å². The van der Waals surface area contributed by atoms with Gasteiger partial charge in [0.2, 0.25) is 0 Å². The van der Waals surface area contributed by atoms with Gasteiger partial charge < -0.3 is 15.5 Å². The Morgan fingerprint density at radius 3 is 2.86 bits per heavy atom. The van der Waals surface area contributed by atoms with Crippen molar-refractivity contribution in [3.8, 4) is 0 Å². The average molecular weight is 368 g/mol. The van der Waals surface area contributed by atoms with Gasteiger partial charge in [-0.15, -0.1) is 0 Å². The number of fused-ring (bicyclic) bond motifs is 1. The Bertz CT molecular complexity index is 548. The van der Waals surface area contributed by atoms with Gasteiger partial charge in [0.15, 0.2) is 0 Å². The van der Waals surface area contributed by atoms with Crippen LogP contribution in [-0.2, 0) is 0 Å². The summed E-state index contributed by atoms with van der Waals surface area (Å²) in [4.78, 5) is 5.51. The summed E-state index contributed by atoms with van der Waals surface area (Å²) < 4.78 is 0.996. The largest absolute Gasteiger partial charge is 0.389 e. The molecule has 0 bridgehead atoms. The second-order valence-corrected chi connectivity index (χ2v) is 7.51. The summed E-state index contributed by atoms with van der Waals surface area (Å²) in [5.74, 6) is 0.798. The van der Waals surface area contributed by atoms with Gasteiger partial charge in [-0.3, -0.25) is 0 Å².